The number of morpholine rings is 1. The van der Waals surface area contributed by atoms with Crippen LogP contribution in [0, 0.1) is 0 Å². The Kier molecular flexibility index (Phi) is 7.39. The predicted octanol–water partition coefficient (Wildman–Crippen LogP) is 4.12. The number of hydrogen-bond acceptors (Lipinski definition) is 7. The fraction of sp³-hybridized carbons (Fsp3) is 0.290. The lowest BCUT2D eigenvalue weighted by atomic mass is 10.1. The van der Waals surface area contributed by atoms with Crippen LogP contribution in [0.15, 0.2) is 73.1 Å². The molecule has 0 atom stereocenters. The summed E-state index contributed by atoms with van der Waals surface area (Å²) >= 11 is 0. The maximum absolute atomic E-state index is 13.7. The quantitative estimate of drug-likeness (QED) is 0.417. The zero-order valence-electron chi connectivity index (χ0n) is 22.5. The number of fused-ring (bicyclic) bond motifs is 7. The van der Waals surface area contributed by atoms with Crippen molar-refractivity contribution in [2.24, 2.45) is 0 Å². The van der Waals surface area contributed by atoms with Crippen molar-refractivity contribution in [2.75, 3.05) is 46.6 Å². The number of aromatic nitrogens is 2. The summed E-state index contributed by atoms with van der Waals surface area (Å²) in [6, 6.07) is 18.7. The van der Waals surface area contributed by atoms with Gasteiger partial charge in [-0.05, 0) is 59.7 Å². The molecule has 1 N–H and O–H groups in total. The number of phenols is 1. The zero-order chi connectivity index (χ0) is 27.5. The van der Waals surface area contributed by atoms with Gasteiger partial charge in [-0.3, -0.25) is 14.3 Å². The molecule has 4 aromatic rings. The molecule has 1 amide bonds. The highest BCUT2D eigenvalue weighted by molar-refractivity contribution is 5.94. The van der Waals surface area contributed by atoms with Crippen LogP contribution in [0.2, 0.25) is 0 Å². The van der Waals surface area contributed by atoms with Gasteiger partial charge in [0, 0.05) is 55.4 Å². The number of phenolic OH excluding ortho intramolecular Hbond substituents is 1. The summed E-state index contributed by atoms with van der Waals surface area (Å²) in [5.74, 6) is 1.85. The zero-order valence-corrected chi connectivity index (χ0v) is 22.5. The molecule has 3 heterocycles. The van der Waals surface area contributed by atoms with Gasteiger partial charge in [-0.1, -0.05) is 12.1 Å². The number of carbonyl (C=O) groups is 1. The van der Waals surface area contributed by atoms with Gasteiger partial charge in [0.15, 0.2) is 11.5 Å². The summed E-state index contributed by atoms with van der Waals surface area (Å²) in [4.78, 5) is 22.5. The number of benzene rings is 3. The lowest BCUT2D eigenvalue weighted by Gasteiger charge is -2.27. The molecule has 9 nitrogen and oxygen atoms in total. The molecule has 1 fully saturated rings. The molecule has 40 heavy (non-hydrogen) atoms. The number of rotatable bonds is 4. The Balaban J connectivity index is 1.45. The Morgan fingerprint density at radius 2 is 1.90 bits per heavy atom. The highest BCUT2D eigenvalue weighted by Crippen LogP contribution is 2.33. The number of imidazole rings is 1. The molecule has 206 valence electrons. The number of nitrogens with zero attached hydrogens (tertiary/aromatic N) is 4. The smallest absolute Gasteiger partial charge is 0.254 e. The van der Waals surface area contributed by atoms with E-state index in [1.54, 1.807) is 36.4 Å². The van der Waals surface area contributed by atoms with Crippen LogP contribution >= 0.6 is 0 Å². The van der Waals surface area contributed by atoms with Crippen LogP contribution in [-0.4, -0.2) is 76.9 Å². The maximum atomic E-state index is 13.7. The Morgan fingerprint density at radius 1 is 1.02 bits per heavy atom. The molecule has 0 unspecified atom stereocenters. The largest absolute Gasteiger partial charge is 0.508 e. The standard InChI is InChI=1S/C31H32N4O5/c1-38-28-6-5-24-19-29(28)40-14-11-34(31(37)25-3-2-4-27(36)18-25)21-23-15-22(20-33-9-12-39-13-10-33)16-26(17-23)35-8-7-32-30(24)35/h2-8,15-19,36H,9-14,20-21H2,1H3. The monoisotopic (exact) mass is 540 g/mol. The van der Waals surface area contributed by atoms with E-state index in [4.69, 9.17) is 14.2 Å². The first-order valence-electron chi connectivity index (χ1n) is 13.4. The summed E-state index contributed by atoms with van der Waals surface area (Å²) in [6.07, 6.45) is 3.74. The minimum absolute atomic E-state index is 0.0527. The summed E-state index contributed by atoms with van der Waals surface area (Å²) in [7, 11) is 1.61. The van der Waals surface area contributed by atoms with Gasteiger partial charge >= 0.3 is 0 Å². The first-order valence-corrected chi connectivity index (χ1v) is 13.4. The van der Waals surface area contributed by atoms with E-state index in [9.17, 15) is 9.90 Å². The number of methoxy groups -OCH3 is 1. The number of aromatic hydroxyl groups is 1. The molecule has 1 aromatic heterocycles. The molecule has 0 spiro atoms. The van der Waals surface area contributed by atoms with Crippen molar-refractivity contribution >= 4 is 5.91 Å². The summed E-state index contributed by atoms with van der Waals surface area (Å²) in [5, 5.41) is 10.0. The van der Waals surface area contributed by atoms with Crippen LogP contribution in [0.4, 0.5) is 0 Å². The third kappa shape index (κ3) is 5.52. The molecule has 9 heteroatoms. The molecule has 1 saturated heterocycles. The fourth-order valence-electron chi connectivity index (χ4n) is 5.30. The van der Waals surface area contributed by atoms with Crippen molar-refractivity contribution in [1.29, 1.82) is 0 Å². The summed E-state index contributed by atoms with van der Waals surface area (Å²) < 4.78 is 19.3. The van der Waals surface area contributed by atoms with E-state index in [1.165, 1.54) is 6.07 Å². The Labute approximate surface area is 233 Å². The highest BCUT2D eigenvalue weighted by atomic mass is 16.5. The molecule has 0 aliphatic carbocycles. The highest BCUT2D eigenvalue weighted by Gasteiger charge is 2.21. The van der Waals surface area contributed by atoms with Gasteiger partial charge in [-0.15, -0.1) is 0 Å². The van der Waals surface area contributed by atoms with Crippen LogP contribution in [-0.2, 0) is 17.8 Å². The van der Waals surface area contributed by atoms with Crippen LogP contribution in [0.1, 0.15) is 21.5 Å². The number of carbonyl (C=O) groups excluding carboxylic acids is 1. The Morgan fingerprint density at radius 3 is 2.73 bits per heavy atom. The van der Waals surface area contributed by atoms with Crippen LogP contribution in [0.25, 0.3) is 17.1 Å². The maximum Gasteiger partial charge on any atom is 0.254 e. The van der Waals surface area contributed by atoms with E-state index in [2.05, 4.69) is 32.7 Å². The lowest BCUT2D eigenvalue weighted by Crippen LogP contribution is -2.36. The molecule has 2 aliphatic rings. The van der Waals surface area contributed by atoms with E-state index in [0.717, 1.165) is 61.1 Å². The summed E-state index contributed by atoms with van der Waals surface area (Å²) in [6.45, 7) is 4.97. The first kappa shape index (κ1) is 25.9. The second-order valence-electron chi connectivity index (χ2n) is 10.0. The van der Waals surface area contributed by atoms with E-state index >= 15 is 0 Å². The van der Waals surface area contributed by atoms with Gasteiger partial charge in [0.25, 0.3) is 5.91 Å². The van der Waals surface area contributed by atoms with E-state index in [1.807, 2.05) is 24.4 Å². The molecule has 2 aliphatic heterocycles. The number of ether oxygens (including phenoxy) is 3. The molecule has 0 radical (unpaired) electrons. The number of amides is 1. The normalized spacial score (nSPS) is 15.7. The minimum atomic E-state index is -0.182. The topological polar surface area (TPSA) is 89.3 Å². The Bertz CT molecular complexity index is 1510. The van der Waals surface area contributed by atoms with Crippen LogP contribution < -0.4 is 9.47 Å². The number of hydrogen-bond donors (Lipinski definition) is 1. The van der Waals surface area contributed by atoms with Crippen LogP contribution in [0.5, 0.6) is 17.2 Å². The lowest BCUT2D eigenvalue weighted by molar-refractivity contribution is 0.0341. The minimum Gasteiger partial charge on any atom is -0.508 e. The van der Waals surface area contributed by atoms with Gasteiger partial charge in [0.1, 0.15) is 18.2 Å². The van der Waals surface area contributed by atoms with Gasteiger partial charge < -0.3 is 24.2 Å². The molecule has 6 rings (SSSR count). The van der Waals surface area contributed by atoms with E-state index < -0.39 is 0 Å². The molecule has 0 saturated carbocycles. The first-order chi connectivity index (χ1) is 19.6. The van der Waals surface area contributed by atoms with Crippen molar-refractivity contribution in [3.8, 4) is 34.3 Å². The molecule has 3 aromatic carbocycles. The SMILES string of the molecule is COc1ccc2cc1OCCN(C(=O)c1cccc(O)c1)Cc1cc(CN3CCOCC3)cc(c1)-n1ccnc1-2. The Hall–Kier alpha value is -4.34. The predicted molar refractivity (Wildman–Crippen MR) is 150 cm³/mol. The third-order valence-corrected chi connectivity index (χ3v) is 7.26. The van der Waals surface area contributed by atoms with E-state index in [0.29, 0.717) is 30.2 Å². The van der Waals surface area contributed by atoms with Crippen molar-refractivity contribution < 1.29 is 24.1 Å². The third-order valence-electron chi connectivity index (χ3n) is 7.26. The second-order valence-corrected chi connectivity index (χ2v) is 10.0. The molecular weight excluding hydrogens is 508 g/mol. The average Bonchev–Trinajstić information content (AvgIpc) is 3.47. The fourth-order valence-corrected chi connectivity index (χ4v) is 5.30. The van der Waals surface area contributed by atoms with Crippen molar-refractivity contribution in [3.05, 3.63) is 89.7 Å². The average molecular weight is 541 g/mol. The van der Waals surface area contributed by atoms with Gasteiger partial charge in [-0.2, -0.15) is 0 Å². The molecule has 4 bridgehead atoms. The van der Waals surface area contributed by atoms with Crippen LogP contribution in [0.3, 0.4) is 0 Å². The van der Waals surface area contributed by atoms with Crippen molar-refractivity contribution in [2.45, 2.75) is 13.1 Å². The summed E-state index contributed by atoms with van der Waals surface area (Å²) in [5.41, 5.74) is 4.44. The van der Waals surface area contributed by atoms with E-state index in [-0.39, 0.29) is 18.3 Å². The van der Waals surface area contributed by atoms with Crippen molar-refractivity contribution in [1.82, 2.24) is 19.4 Å². The van der Waals surface area contributed by atoms with Gasteiger partial charge in [0.2, 0.25) is 0 Å². The van der Waals surface area contributed by atoms with Gasteiger partial charge in [-0.25, -0.2) is 4.98 Å². The molecular formula is C31H32N4O5. The van der Waals surface area contributed by atoms with Crippen molar-refractivity contribution in [3.63, 3.8) is 0 Å². The van der Waals surface area contributed by atoms with Gasteiger partial charge in [0.05, 0.1) is 26.9 Å². The second kappa shape index (κ2) is 11.4.